The van der Waals surface area contributed by atoms with Crippen LogP contribution in [0.15, 0.2) is 11.6 Å². The van der Waals surface area contributed by atoms with Gasteiger partial charge in [-0.3, -0.25) is 0 Å². The Labute approximate surface area is 63.1 Å². The highest BCUT2D eigenvalue weighted by Crippen LogP contribution is 2.18. The lowest BCUT2D eigenvalue weighted by Gasteiger charge is -2.10. The normalized spacial score (nSPS) is 17.5. The minimum Gasteiger partial charge on any atom is -0.344 e. The monoisotopic (exact) mass is 142 g/mol. The van der Waals surface area contributed by atoms with E-state index in [0.717, 1.165) is 13.0 Å². The zero-order chi connectivity index (χ0) is 6.53. The lowest BCUT2D eigenvalue weighted by atomic mass is 9.97. The third-order valence-electron chi connectivity index (χ3n) is 1.85. The Bertz CT molecular complexity index is 108. The minimum absolute atomic E-state index is 0. The fraction of sp³-hybridized carbons (Fsp3) is 0.750. The van der Waals surface area contributed by atoms with Crippen LogP contribution in [0.25, 0.3) is 0 Å². The zero-order valence-corrected chi connectivity index (χ0v) is 6.60. The predicted molar refractivity (Wildman–Crippen MR) is 45.2 cm³/mol. The molecule has 0 aromatic rings. The summed E-state index contributed by atoms with van der Waals surface area (Å²) in [5, 5.41) is 0. The molecule has 1 aliphatic carbocycles. The molecule has 0 fully saturated rings. The lowest BCUT2D eigenvalue weighted by Crippen LogP contribution is -2.02. The van der Waals surface area contributed by atoms with Gasteiger partial charge in [0.1, 0.15) is 0 Å². The molecule has 0 spiro atoms. The molecule has 0 radical (unpaired) electrons. The molecule has 0 saturated heterocycles. The Hall–Kier alpha value is -0.340. The average molecular weight is 142 g/mol. The molecule has 0 aromatic heterocycles. The first-order chi connectivity index (χ1) is 4.43. The molecule has 0 saturated carbocycles. The lowest BCUT2D eigenvalue weighted by molar-refractivity contribution is 0.676. The molecule has 0 bridgehead atoms. The number of hydrogen-bond donors (Lipinski definition) is 2. The first-order valence-electron chi connectivity index (χ1n) is 3.81. The van der Waals surface area contributed by atoms with Gasteiger partial charge in [0.05, 0.1) is 0 Å². The molecule has 0 aromatic carbocycles. The average Bonchev–Trinajstić information content (AvgIpc) is 1.91. The molecule has 0 unspecified atom stereocenters. The van der Waals surface area contributed by atoms with Gasteiger partial charge in [-0.1, -0.05) is 11.6 Å². The Morgan fingerprint density at radius 3 is 2.70 bits per heavy atom. The molecular weight excluding hydrogens is 124 g/mol. The van der Waals surface area contributed by atoms with Crippen molar-refractivity contribution in [3.05, 3.63) is 11.6 Å². The van der Waals surface area contributed by atoms with Crippen LogP contribution in [0.3, 0.4) is 0 Å². The van der Waals surface area contributed by atoms with E-state index in [2.05, 4.69) is 6.08 Å². The maximum absolute atomic E-state index is 5.42. The second-order valence-corrected chi connectivity index (χ2v) is 2.65. The quantitative estimate of drug-likeness (QED) is 0.579. The Morgan fingerprint density at radius 1 is 1.40 bits per heavy atom. The smallest absolute Gasteiger partial charge is 0.00399 e. The fourth-order valence-electron chi connectivity index (χ4n) is 1.32. The number of allylic oxidation sites excluding steroid dienone is 1. The molecule has 0 aliphatic heterocycles. The molecule has 2 nitrogen and oxygen atoms in total. The number of nitrogens with two attached hydrogens (primary N) is 1. The summed E-state index contributed by atoms with van der Waals surface area (Å²) >= 11 is 0. The highest BCUT2D eigenvalue weighted by atomic mass is 14.5. The van der Waals surface area contributed by atoms with Gasteiger partial charge in [0.2, 0.25) is 0 Å². The summed E-state index contributed by atoms with van der Waals surface area (Å²) in [5.41, 5.74) is 7.01. The van der Waals surface area contributed by atoms with Gasteiger partial charge in [-0.25, -0.2) is 0 Å². The molecule has 0 heterocycles. The van der Waals surface area contributed by atoms with E-state index in [0.29, 0.717) is 0 Å². The molecule has 10 heavy (non-hydrogen) atoms. The van der Waals surface area contributed by atoms with Crippen LogP contribution in [0.4, 0.5) is 0 Å². The van der Waals surface area contributed by atoms with Crippen molar-refractivity contribution in [3.8, 4) is 0 Å². The van der Waals surface area contributed by atoms with Crippen LogP contribution in [-0.2, 0) is 0 Å². The molecule has 1 rings (SSSR count). The molecular formula is C8H18N2. The first-order valence-corrected chi connectivity index (χ1v) is 3.81. The van der Waals surface area contributed by atoms with Gasteiger partial charge in [0.15, 0.2) is 0 Å². The first kappa shape index (κ1) is 9.66. The van der Waals surface area contributed by atoms with E-state index in [1.165, 1.54) is 25.7 Å². The van der Waals surface area contributed by atoms with E-state index in [1.54, 1.807) is 5.57 Å². The molecule has 2 heteroatoms. The van der Waals surface area contributed by atoms with Crippen molar-refractivity contribution < 1.29 is 0 Å². The SMILES string of the molecule is N.NCCC1=CCCCC1. The van der Waals surface area contributed by atoms with Gasteiger partial charge < -0.3 is 11.9 Å². The fourth-order valence-corrected chi connectivity index (χ4v) is 1.32. The van der Waals surface area contributed by atoms with Gasteiger partial charge in [0.25, 0.3) is 0 Å². The second-order valence-electron chi connectivity index (χ2n) is 2.65. The van der Waals surface area contributed by atoms with E-state index in [1.807, 2.05) is 0 Å². The van der Waals surface area contributed by atoms with E-state index < -0.39 is 0 Å². The van der Waals surface area contributed by atoms with Crippen LogP contribution in [0.2, 0.25) is 0 Å². The van der Waals surface area contributed by atoms with Crippen molar-refractivity contribution in [2.75, 3.05) is 6.54 Å². The highest BCUT2D eigenvalue weighted by molar-refractivity contribution is 5.04. The predicted octanol–water partition coefficient (Wildman–Crippen LogP) is 2.00. The van der Waals surface area contributed by atoms with Crippen molar-refractivity contribution in [2.24, 2.45) is 5.73 Å². The van der Waals surface area contributed by atoms with Gasteiger partial charge >= 0.3 is 0 Å². The van der Waals surface area contributed by atoms with E-state index in [-0.39, 0.29) is 6.15 Å². The number of hydrogen-bond acceptors (Lipinski definition) is 2. The maximum atomic E-state index is 5.42. The van der Waals surface area contributed by atoms with E-state index in [4.69, 9.17) is 5.73 Å². The van der Waals surface area contributed by atoms with Crippen molar-refractivity contribution in [1.82, 2.24) is 6.15 Å². The summed E-state index contributed by atoms with van der Waals surface area (Å²) in [6.45, 7) is 0.825. The molecule has 60 valence electrons. The summed E-state index contributed by atoms with van der Waals surface area (Å²) < 4.78 is 0. The van der Waals surface area contributed by atoms with Crippen LogP contribution in [-0.4, -0.2) is 6.54 Å². The third-order valence-corrected chi connectivity index (χ3v) is 1.85. The van der Waals surface area contributed by atoms with Crippen LogP contribution in [0.1, 0.15) is 32.1 Å². The summed E-state index contributed by atoms with van der Waals surface area (Å²) in [7, 11) is 0. The second kappa shape index (κ2) is 5.45. The van der Waals surface area contributed by atoms with Gasteiger partial charge in [-0.05, 0) is 38.6 Å². The van der Waals surface area contributed by atoms with E-state index >= 15 is 0 Å². The van der Waals surface area contributed by atoms with Crippen molar-refractivity contribution in [3.63, 3.8) is 0 Å². The van der Waals surface area contributed by atoms with Crippen LogP contribution in [0, 0.1) is 0 Å². The Morgan fingerprint density at radius 2 is 2.20 bits per heavy atom. The topological polar surface area (TPSA) is 61.0 Å². The summed E-state index contributed by atoms with van der Waals surface area (Å²) in [6.07, 6.45) is 8.84. The largest absolute Gasteiger partial charge is 0.344 e. The van der Waals surface area contributed by atoms with Gasteiger partial charge in [-0.2, -0.15) is 0 Å². The van der Waals surface area contributed by atoms with Crippen molar-refractivity contribution in [1.29, 1.82) is 0 Å². The minimum atomic E-state index is 0. The van der Waals surface area contributed by atoms with Crippen molar-refractivity contribution in [2.45, 2.75) is 32.1 Å². The summed E-state index contributed by atoms with van der Waals surface area (Å²) in [4.78, 5) is 0. The summed E-state index contributed by atoms with van der Waals surface area (Å²) in [5.74, 6) is 0. The van der Waals surface area contributed by atoms with Crippen LogP contribution >= 0.6 is 0 Å². The molecule has 5 N–H and O–H groups in total. The summed E-state index contributed by atoms with van der Waals surface area (Å²) in [6, 6.07) is 0. The Balaban J connectivity index is 0.000000810. The van der Waals surface area contributed by atoms with Gasteiger partial charge in [0, 0.05) is 0 Å². The molecule has 0 atom stereocenters. The number of rotatable bonds is 2. The van der Waals surface area contributed by atoms with E-state index in [9.17, 15) is 0 Å². The highest BCUT2D eigenvalue weighted by Gasteiger charge is 2.00. The maximum Gasteiger partial charge on any atom is -0.00399 e. The zero-order valence-electron chi connectivity index (χ0n) is 6.60. The van der Waals surface area contributed by atoms with Gasteiger partial charge in [-0.15, -0.1) is 0 Å². The third kappa shape index (κ3) is 2.99. The van der Waals surface area contributed by atoms with Crippen LogP contribution < -0.4 is 11.9 Å². The molecule has 1 aliphatic rings. The van der Waals surface area contributed by atoms with Crippen LogP contribution in [0.5, 0.6) is 0 Å². The van der Waals surface area contributed by atoms with Crippen molar-refractivity contribution >= 4 is 0 Å². The molecule has 0 amide bonds. The standard InChI is InChI=1S/C8H15N.H3N/c9-7-6-8-4-2-1-3-5-8;/h4H,1-3,5-7,9H2;1H3. The Kier molecular flexibility index (Phi) is 5.26.